The Bertz CT molecular complexity index is 913. The van der Waals surface area contributed by atoms with Gasteiger partial charge in [0.25, 0.3) is 0 Å². The van der Waals surface area contributed by atoms with Crippen molar-refractivity contribution in [1.82, 2.24) is 15.5 Å². The number of amides is 3. The molecule has 0 bridgehead atoms. The van der Waals surface area contributed by atoms with Crippen LogP contribution in [0.25, 0.3) is 0 Å². The highest BCUT2D eigenvalue weighted by Gasteiger charge is 2.31. The fraction of sp³-hybridized carbons (Fsp3) is 0.440. The molecule has 2 fully saturated rings. The Kier molecular flexibility index (Phi) is 7.67. The third kappa shape index (κ3) is 6.16. The number of urea groups is 1. The second kappa shape index (κ2) is 11.0. The fourth-order valence-corrected chi connectivity index (χ4v) is 4.43. The molecule has 176 valence electrons. The molecule has 1 atom stereocenters. The van der Waals surface area contributed by atoms with Crippen LogP contribution in [0.3, 0.4) is 0 Å². The Balaban J connectivity index is 1.10. The number of para-hydroxylation sites is 1. The molecule has 0 aliphatic carbocycles. The van der Waals surface area contributed by atoms with E-state index >= 15 is 0 Å². The SMILES string of the molecule is COc1ccc(N2CCN(CCCNC(=O)N[C@H]3CC(=O)N(c4ccccc4)C3)CC2)cc1. The standard InChI is InChI=1S/C25H33N5O3/c1-33-23-10-8-21(9-11-23)29-16-14-28(15-17-29)13-5-12-26-25(32)27-20-18-24(31)30(19-20)22-6-3-2-4-7-22/h2-4,6-11,20H,5,12-19H2,1H3,(H2,26,27,32)/t20-/m0/s1. The minimum absolute atomic E-state index is 0.0419. The van der Waals surface area contributed by atoms with Crippen LogP contribution in [0.15, 0.2) is 54.6 Å². The molecule has 2 N–H and O–H groups in total. The number of methoxy groups -OCH3 is 1. The fourth-order valence-electron chi connectivity index (χ4n) is 4.43. The van der Waals surface area contributed by atoms with Gasteiger partial charge in [0.15, 0.2) is 0 Å². The number of carbonyl (C=O) groups is 2. The molecule has 0 spiro atoms. The van der Waals surface area contributed by atoms with Gasteiger partial charge >= 0.3 is 6.03 Å². The van der Waals surface area contributed by atoms with E-state index in [0.717, 1.165) is 50.6 Å². The molecule has 2 heterocycles. The average Bonchev–Trinajstić information content (AvgIpc) is 3.22. The summed E-state index contributed by atoms with van der Waals surface area (Å²) in [5, 5.41) is 5.87. The van der Waals surface area contributed by atoms with Crippen LogP contribution >= 0.6 is 0 Å². The van der Waals surface area contributed by atoms with Gasteiger partial charge in [0.1, 0.15) is 5.75 Å². The van der Waals surface area contributed by atoms with Gasteiger partial charge in [0, 0.05) is 57.1 Å². The van der Waals surface area contributed by atoms with Crippen molar-refractivity contribution in [2.45, 2.75) is 18.9 Å². The van der Waals surface area contributed by atoms with E-state index in [1.807, 2.05) is 42.5 Å². The number of benzene rings is 2. The maximum atomic E-state index is 12.3. The Morgan fingerprint density at radius 3 is 2.42 bits per heavy atom. The lowest BCUT2D eigenvalue weighted by molar-refractivity contribution is -0.117. The van der Waals surface area contributed by atoms with Crippen molar-refractivity contribution >= 4 is 23.3 Å². The van der Waals surface area contributed by atoms with Crippen LogP contribution in [0.2, 0.25) is 0 Å². The van der Waals surface area contributed by atoms with Crippen molar-refractivity contribution in [3.8, 4) is 5.75 Å². The van der Waals surface area contributed by atoms with E-state index < -0.39 is 0 Å². The summed E-state index contributed by atoms with van der Waals surface area (Å²) in [4.78, 5) is 31.1. The van der Waals surface area contributed by atoms with Crippen LogP contribution in [-0.4, -0.2) is 75.8 Å². The zero-order valence-corrected chi connectivity index (χ0v) is 19.2. The number of ether oxygens (including phenoxy) is 1. The number of anilines is 2. The molecule has 2 aromatic rings. The molecule has 2 saturated heterocycles. The van der Waals surface area contributed by atoms with Crippen LogP contribution in [0.1, 0.15) is 12.8 Å². The van der Waals surface area contributed by atoms with Gasteiger partial charge in [-0.05, 0) is 49.4 Å². The predicted molar refractivity (Wildman–Crippen MR) is 130 cm³/mol. The Hall–Kier alpha value is -3.26. The number of hydrogen-bond acceptors (Lipinski definition) is 5. The molecule has 8 nitrogen and oxygen atoms in total. The molecule has 0 unspecified atom stereocenters. The second-order valence-electron chi connectivity index (χ2n) is 8.52. The van der Waals surface area contributed by atoms with E-state index in [1.165, 1.54) is 5.69 Å². The van der Waals surface area contributed by atoms with Gasteiger partial charge in [0.05, 0.1) is 13.2 Å². The summed E-state index contributed by atoms with van der Waals surface area (Å²) in [6.45, 7) is 6.10. The molecule has 0 saturated carbocycles. The van der Waals surface area contributed by atoms with Gasteiger partial charge < -0.3 is 25.2 Å². The molecule has 2 aromatic carbocycles. The third-order valence-corrected chi connectivity index (χ3v) is 6.27. The first-order chi connectivity index (χ1) is 16.1. The zero-order chi connectivity index (χ0) is 23.0. The van der Waals surface area contributed by atoms with E-state index in [-0.39, 0.29) is 18.0 Å². The van der Waals surface area contributed by atoms with Crippen molar-refractivity contribution in [2.24, 2.45) is 0 Å². The number of piperazine rings is 1. The maximum Gasteiger partial charge on any atom is 0.315 e. The van der Waals surface area contributed by atoms with Crippen LogP contribution in [0.4, 0.5) is 16.2 Å². The number of hydrogen-bond donors (Lipinski definition) is 2. The lowest BCUT2D eigenvalue weighted by atomic mass is 10.2. The molecule has 2 aliphatic heterocycles. The van der Waals surface area contributed by atoms with Crippen molar-refractivity contribution in [1.29, 1.82) is 0 Å². The van der Waals surface area contributed by atoms with Gasteiger partial charge in [-0.3, -0.25) is 9.69 Å². The topological polar surface area (TPSA) is 77.1 Å². The predicted octanol–water partition coefficient (Wildman–Crippen LogP) is 2.31. The quantitative estimate of drug-likeness (QED) is 0.603. The second-order valence-corrected chi connectivity index (χ2v) is 8.52. The normalized spacial score (nSPS) is 18.9. The Morgan fingerprint density at radius 2 is 1.73 bits per heavy atom. The Morgan fingerprint density at radius 1 is 1.00 bits per heavy atom. The number of rotatable bonds is 8. The Labute approximate surface area is 195 Å². The number of nitrogens with one attached hydrogen (secondary N) is 2. The molecule has 3 amide bonds. The van der Waals surface area contributed by atoms with Gasteiger partial charge in [-0.25, -0.2) is 4.79 Å². The largest absolute Gasteiger partial charge is 0.497 e. The summed E-state index contributed by atoms with van der Waals surface area (Å²) >= 11 is 0. The average molecular weight is 452 g/mol. The minimum Gasteiger partial charge on any atom is -0.497 e. The van der Waals surface area contributed by atoms with Crippen LogP contribution in [0, 0.1) is 0 Å². The van der Waals surface area contributed by atoms with Crippen LogP contribution < -0.4 is 25.2 Å². The molecule has 0 radical (unpaired) electrons. The first-order valence-electron chi connectivity index (χ1n) is 11.6. The van der Waals surface area contributed by atoms with Crippen LogP contribution in [-0.2, 0) is 4.79 Å². The molecular weight excluding hydrogens is 418 g/mol. The molecule has 4 rings (SSSR count). The van der Waals surface area contributed by atoms with Crippen molar-refractivity contribution < 1.29 is 14.3 Å². The van der Waals surface area contributed by atoms with E-state index in [0.29, 0.717) is 19.5 Å². The summed E-state index contributed by atoms with van der Waals surface area (Å²) in [7, 11) is 1.68. The van der Waals surface area contributed by atoms with Crippen molar-refractivity contribution in [3.63, 3.8) is 0 Å². The molecule has 8 heteroatoms. The van der Waals surface area contributed by atoms with Crippen molar-refractivity contribution in [2.75, 3.05) is 62.7 Å². The lowest BCUT2D eigenvalue weighted by Gasteiger charge is -2.36. The van der Waals surface area contributed by atoms with E-state index in [4.69, 9.17) is 4.74 Å². The van der Waals surface area contributed by atoms with Gasteiger partial charge in [0.2, 0.25) is 5.91 Å². The van der Waals surface area contributed by atoms with E-state index in [1.54, 1.807) is 12.0 Å². The first-order valence-corrected chi connectivity index (χ1v) is 11.6. The van der Waals surface area contributed by atoms with Crippen molar-refractivity contribution in [3.05, 3.63) is 54.6 Å². The molecule has 33 heavy (non-hydrogen) atoms. The molecule has 2 aliphatic rings. The minimum atomic E-state index is -0.202. The number of nitrogens with zero attached hydrogens (tertiary/aromatic N) is 3. The van der Waals surface area contributed by atoms with Crippen LogP contribution in [0.5, 0.6) is 5.75 Å². The number of carbonyl (C=O) groups excluding carboxylic acids is 2. The highest BCUT2D eigenvalue weighted by Crippen LogP contribution is 2.21. The summed E-state index contributed by atoms with van der Waals surface area (Å²) in [6, 6.07) is 17.4. The summed E-state index contributed by atoms with van der Waals surface area (Å²) in [6.07, 6.45) is 1.23. The van der Waals surface area contributed by atoms with Gasteiger partial charge in [-0.1, -0.05) is 18.2 Å². The molecular formula is C25H33N5O3. The maximum absolute atomic E-state index is 12.3. The highest BCUT2D eigenvalue weighted by molar-refractivity contribution is 5.96. The third-order valence-electron chi connectivity index (χ3n) is 6.27. The van der Waals surface area contributed by atoms with E-state index in [9.17, 15) is 9.59 Å². The molecule has 0 aromatic heterocycles. The first kappa shape index (κ1) is 22.9. The summed E-state index contributed by atoms with van der Waals surface area (Å²) in [5.41, 5.74) is 2.10. The summed E-state index contributed by atoms with van der Waals surface area (Å²) in [5.74, 6) is 0.919. The lowest BCUT2D eigenvalue weighted by Crippen LogP contribution is -2.47. The smallest absolute Gasteiger partial charge is 0.315 e. The van der Waals surface area contributed by atoms with Gasteiger partial charge in [-0.15, -0.1) is 0 Å². The van der Waals surface area contributed by atoms with Gasteiger partial charge in [-0.2, -0.15) is 0 Å². The monoisotopic (exact) mass is 451 g/mol. The zero-order valence-electron chi connectivity index (χ0n) is 19.2. The summed E-state index contributed by atoms with van der Waals surface area (Å²) < 4.78 is 5.23. The highest BCUT2D eigenvalue weighted by atomic mass is 16.5. The van der Waals surface area contributed by atoms with E-state index in [2.05, 4.69) is 32.6 Å².